The van der Waals surface area contributed by atoms with Crippen molar-refractivity contribution in [3.8, 4) is 0 Å². The molecule has 1 heterocycles. The van der Waals surface area contributed by atoms with Gasteiger partial charge in [-0.05, 0) is 31.9 Å². The van der Waals surface area contributed by atoms with Gasteiger partial charge in [-0.15, -0.1) is 0 Å². The molecule has 1 aromatic rings. The first-order valence-corrected chi connectivity index (χ1v) is 7.26. The van der Waals surface area contributed by atoms with E-state index >= 15 is 0 Å². The molecule has 0 bridgehead atoms. The first kappa shape index (κ1) is 14.1. The molecule has 2 rings (SSSR count). The van der Waals surface area contributed by atoms with Crippen molar-refractivity contribution in [3.63, 3.8) is 0 Å². The molecule has 3 heteroatoms. The Balaban J connectivity index is 2.02. The fourth-order valence-electron chi connectivity index (χ4n) is 2.76. The predicted octanol–water partition coefficient (Wildman–Crippen LogP) is 2.14. The van der Waals surface area contributed by atoms with Gasteiger partial charge >= 0.3 is 0 Å². The van der Waals surface area contributed by atoms with E-state index in [1.807, 2.05) is 12.1 Å². The van der Waals surface area contributed by atoms with Crippen LogP contribution in [-0.4, -0.2) is 36.5 Å². The number of carbonyl (C=O) groups is 1. The lowest BCUT2D eigenvalue weighted by Crippen LogP contribution is -2.42. The fraction of sp³-hybridized carbons (Fsp3) is 0.562. The fourth-order valence-corrected chi connectivity index (χ4v) is 2.76. The summed E-state index contributed by atoms with van der Waals surface area (Å²) in [6, 6.07) is 8.63. The third-order valence-corrected chi connectivity index (χ3v) is 3.70. The van der Waals surface area contributed by atoms with Gasteiger partial charge in [0.25, 0.3) is 0 Å². The number of nitrogens with one attached hydrogen (secondary N) is 1. The highest BCUT2D eigenvalue weighted by molar-refractivity contribution is 5.79. The second kappa shape index (κ2) is 6.71. The molecule has 19 heavy (non-hydrogen) atoms. The SMILES string of the molecule is CCCN(C(=O)Cc1cccc(C)c1)[C@H]1CCNC1. The zero-order valence-electron chi connectivity index (χ0n) is 12.0. The molecule has 1 saturated heterocycles. The molecule has 0 aromatic heterocycles. The van der Waals surface area contributed by atoms with Gasteiger partial charge in [-0.25, -0.2) is 0 Å². The van der Waals surface area contributed by atoms with Crippen molar-refractivity contribution >= 4 is 5.91 Å². The highest BCUT2D eigenvalue weighted by atomic mass is 16.2. The lowest BCUT2D eigenvalue weighted by Gasteiger charge is -2.28. The summed E-state index contributed by atoms with van der Waals surface area (Å²) >= 11 is 0. The summed E-state index contributed by atoms with van der Waals surface area (Å²) in [7, 11) is 0. The lowest BCUT2D eigenvalue weighted by atomic mass is 10.1. The predicted molar refractivity (Wildman–Crippen MR) is 78.2 cm³/mol. The summed E-state index contributed by atoms with van der Waals surface area (Å²) in [6.45, 7) is 7.05. The van der Waals surface area contributed by atoms with E-state index in [0.29, 0.717) is 12.5 Å². The van der Waals surface area contributed by atoms with Crippen molar-refractivity contribution in [1.82, 2.24) is 10.2 Å². The van der Waals surface area contributed by atoms with Crippen LogP contribution in [0.4, 0.5) is 0 Å². The zero-order valence-corrected chi connectivity index (χ0v) is 12.0. The Morgan fingerprint density at radius 1 is 1.47 bits per heavy atom. The quantitative estimate of drug-likeness (QED) is 0.879. The average Bonchev–Trinajstić information content (AvgIpc) is 2.89. The van der Waals surface area contributed by atoms with Crippen LogP contribution in [0.2, 0.25) is 0 Å². The van der Waals surface area contributed by atoms with Gasteiger partial charge in [0.1, 0.15) is 0 Å². The maximum absolute atomic E-state index is 12.5. The number of hydrogen-bond donors (Lipinski definition) is 1. The highest BCUT2D eigenvalue weighted by Crippen LogP contribution is 2.13. The molecule has 0 spiro atoms. The number of rotatable bonds is 5. The minimum absolute atomic E-state index is 0.265. The normalized spacial score (nSPS) is 18.5. The highest BCUT2D eigenvalue weighted by Gasteiger charge is 2.25. The summed E-state index contributed by atoms with van der Waals surface area (Å²) in [5.74, 6) is 0.265. The third kappa shape index (κ3) is 3.80. The Labute approximate surface area is 116 Å². The van der Waals surface area contributed by atoms with E-state index in [-0.39, 0.29) is 5.91 Å². The molecule has 0 saturated carbocycles. The molecule has 1 fully saturated rings. The molecule has 1 aliphatic rings. The van der Waals surface area contributed by atoms with Crippen LogP contribution in [0.3, 0.4) is 0 Å². The molecule has 3 nitrogen and oxygen atoms in total. The van der Waals surface area contributed by atoms with Crippen LogP contribution in [0, 0.1) is 6.92 Å². The zero-order chi connectivity index (χ0) is 13.7. The van der Waals surface area contributed by atoms with Gasteiger partial charge in [0, 0.05) is 19.1 Å². The van der Waals surface area contributed by atoms with Crippen molar-refractivity contribution in [2.75, 3.05) is 19.6 Å². The van der Waals surface area contributed by atoms with E-state index in [2.05, 4.69) is 36.2 Å². The van der Waals surface area contributed by atoms with Crippen LogP contribution in [0.5, 0.6) is 0 Å². The van der Waals surface area contributed by atoms with Gasteiger partial charge in [-0.2, -0.15) is 0 Å². The molecule has 1 aromatic carbocycles. The minimum atomic E-state index is 0.265. The Bertz CT molecular complexity index is 425. The van der Waals surface area contributed by atoms with Crippen LogP contribution >= 0.6 is 0 Å². The van der Waals surface area contributed by atoms with Crippen LogP contribution < -0.4 is 5.32 Å². The van der Waals surface area contributed by atoms with Gasteiger partial charge in [-0.3, -0.25) is 4.79 Å². The summed E-state index contributed by atoms with van der Waals surface area (Å²) in [5.41, 5.74) is 2.34. The molecule has 0 aliphatic carbocycles. The van der Waals surface area contributed by atoms with E-state index < -0.39 is 0 Å². The van der Waals surface area contributed by atoms with E-state index in [0.717, 1.165) is 38.0 Å². The number of amides is 1. The summed E-state index contributed by atoms with van der Waals surface area (Å²) in [5, 5.41) is 3.35. The van der Waals surface area contributed by atoms with E-state index in [4.69, 9.17) is 0 Å². The minimum Gasteiger partial charge on any atom is -0.338 e. The smallest absolute Gasteiger partial charge is 0.227 e. The molecule has 0 unspecified atom stereocenters. The van der Waals surface area contributed by atoms with Gasteiger partial charge in [0.05, 0.1) is 6.42 Å². The third-order valence-electron chi connectivity index (χ3n) is 3.70. The molecule has 1 amide bonds. The molecule has 1 aliphatic heterocycles. The molecular weight excluding hydrogens is 236 g/mol. The van der Waals surface area contributed by atoms with Crippen molar-refractivity contribution in [1.29, 1.82) is 0 Å². The average molecular weight is 260 g/mol. The Morgan fingerprint density at radius 3 is 2.95 bits per heavy atom. The van der Waals surface area contributed by atoms with E-state index in [1.165, 1.54) is 5.56 Å². The van der Waals surface area contributed by atoms with E-state index in [9.17, 15) is 4.79 Å². The second-order valence-corrected chi connectivity index (χ2v) is 5.40. The van der Waals surface area contributed by atoms with Crippen LogP contribution in [0.15, 0.2) is 24.3 Å². The molecule has 1 N–H and O–H groups in total. The second-order valence-electron chi connectivity index (χ2n) is 5.40. The number of nitrogens with zero attached hydrogens (tertiary/aromatic N) is 1. The summed E-state index contributed by atoms with van der Waals surface area (Å²) < 4.78 is 0. The topological polar surface area (TPSA) is 32.3 Å². The van der Waals surface area contributed by atoms with E-state index in [1.54, 1.807) is 0 Å². The van der Waals surface area contributed by atoms with Gasteiger partial charge in [0.2, 0.25) is 5.91 Å². The maximum Gasteiger partial charge on any atom is 0.227 e. The molecule has 0 radical (unpaired) electrons. The lowest BCUT2D eigenvalue weighted by molar-refractivity contribution is -0.132. The molecule has 104 valence electrons. The van der Waals surface area contributed by atoms with Gasteiger partial charge in [0.15, 0.2) is 0 Å². The van der Waals surface area contributed by atoms with Gasteiger partial charge < -0.3 is 10.2 Å². The van der Waals surface area contributed by atoms with Gasteiger partial charge in [-0.1, -0.05) is 36.8 Å². The monoisotopic (exact) mass is 260 g/mol. The molecule has 1 atom stereocenters. The maximum atomic E-state index is 12.5. The van der Waals surface area contributed by atoms with Crippen molar-refractivity contribution < 1.29 is 4.79 Å². The first-order valence-electron chi connectivity index (χ1n) is 7.26. The van der Waals surface area contributed by atoms with Crippen LogP contribution in [0.1, 0.15) is 30.9 Å². The van der Waals surface area contributed by atoms with Crippen molar-refractivity contribution in [2.45, 2.75) is 39.2 Å². The summed E-state index contributed by atoms with van der Waals surface area (Å²) in [4.78, 5) is 14.6. The number of hydrogen-bond acceptors (Lipinski definition) is 2. The van der Waals surface area contributed by atoms with Crippen LogP contribution in [0.25, 0.3) is 0 Å². The Kier molecular flexibility index (Phi) is 4.97. The largest absolute Gasteiger partial charge is 0.338 e. The number of benzene rings is 1. The first-order chi connectivity index (χ1) is 9.20. The number of carbonyl (C=O) groups excluding carboxylic acids is 1. The van der Waals surface area contributed by atoms with Crippen LogP contribution in [-0.2, 0) is 11.2 Å². The Hall–Kier alpha value is -1.35. The number of aryl methyl sites for hydroxylation is 1. The van der Waals surface area contributed by atoms with Crippen molar-refractivity contribution in [3.05, 3.63) is 35.4 Å². The standard InChI is InChI=1S/C16H24N2O/c1-3-9-18(15-7-8-17-12-15)16(19)11-14-6-4-5-13(2)10-14/h4-6,10,15,17H,3,7-9,11-12H2,1-2H3/t15-/m0/s1. The summed E-state index contributed by atoms with van der Waals surface area (Å²) in [6.07, 6.45) is 2.63. The molecular formula is C16H24N2O. The Morgan fingerprint density at radius 2 is 2.32 bits per heavy atom. The van der Waals surface area contributed by atoms with Crippen molar-refractivity contribution in [2.24, 2.45) is 0 Å².